The van der Waals surface area contributed by atoms with E-state index in [1.165, 1.54) is 9.60 Å². The van der Waals surface area contributed by atoms with Crippen LogP contribution in [0.4, 0.5) is 5.69 Å². The van der Waals surface area contributed by atoms with Gasteiger partial charge in [-0.1, -0.05) is 24.3 Å². The number of hydrogen-bond donors (Lipinski definition) is 2. The second-order valence-corrected chi connectivity index (χ2v) is 6.86. The standard InChI is InChI=1S/C17H13N3S2/c1-2-9-18-13(6-1)15-11-12-5-3-7-14(17(12)19-15)20-22-16-8-4-10-21-16/h1-11,19-20H. The number of nitrogens with zero attached hydrogens (tertiary/aromatic N) is 1. The third-order valence-corrected chi connectivity index (χ3v) is 5.21. The van der Waals surface area contributed by atoms with Crippen molar-refractivity contribution in [3.05, 3.63) is 66.2 Å². The number of benzene rings is 1. The summed E-state index contributed by atoms with van der Waals surface area (Å²) in [5.41, 5.74) is 4.17. The Morgan fingerprint density at radius 2 is 2.05 bits per heavy atom. The lowest BCUT2D eigenvalue weighted by Crippen LogP contribution is -1.87. The number of aromatic amines is 1. The van der Waals surface area contributed by atoms with Crippen LogP contribution in [0.15, 0.2) is 70.4 Å². The Bertz CT molecular complexity index is 883. The molecule has 0 bridgehead atoms. The number of anilines is 1. The molecular weight excluding hydrogens is 310 g/mol. The first-order valence-electron chi connectivity index (χ1n) is 6.90. The molecule has 0 aliphatic carbocycles. The zero-order valence-electron chi connectivity index (χ0n) is 11.6. The van der Waals surface area contributed by atoms with Crippen LogP contribution in [0.1, 0.15) is 0 Å². The molecule has 3 heterocycles. The van der Waals surface area contributed by atoms with Crippen LogP contribution in [0.3, 0.4) is 0 Å². The molecule has 0 saturated carbocycles. The van der Waals surface area contributed by atoms with E-state index in [0.717, 1.165) is 22.6 Å². The van der Waals surface area contributed by atoms with Crippen LogP contribution in [0, 0.1) is 0 Å². The maximum absolute atomic E-state index is 4.41. The molecule has 4 aromatic rings. The third-order valence-electron chi connectivity index (χ3n) is 3.35. The predicted molar refractivity (Wildman–Crippen MR) is 95.3 cm³/mol. The number of thiophene rings is 1. The van der Waals surface area contributed by atoms with Crippen LogP contribution in [-0.2, 0) is 0 Å². The fourth-order valence-electron chi connectivity index (χ4n) is 2.33. The van der Waals surface area contributed by atoms with Gasteiger partial charge in [-0.05, 0) is 47.7 Å². The van der Waals surface area contributed by atoms with E-state index in [0.29, 0.717) is 0 Å². The fourth-order valence-corrected chi connectivity index (χ4v) is 3.79. The van der Waals surface area contributed by atoms with E-state index in [4.69, 9.17) is 0 Å². The molecule has 2 N–H and O–H groups in total. The van der Waals surface area contributed by atoms with Crippen LogP contribution in [0.2, 0.25) is 0 Å². The summed E-state index contributed by atoms with van der Waals surface area (Å²) < 4.78 is 4.67. The molecule has 5 heteroatoms. The molecule has 0 unspecified atom stereocenters. The van der Waals surface area contributed by atoms with Gasteiger partial charge in [0, 0.05) is 11.6 Å². The number of fused-ring (bicyclic) bond motifs is 1. The molecule has 0 saturated heterocycles. The van der Waals surface area contributed by atoms with Gasteiger partial charge in [-0.25, -0.2) is 0 Å². The lowest BCUT2D eigenvalue weighted by atomic mass is 10.2. The molecule has 1 aromatic carbocycles. The Balaban J connectivity index is 1.69. The van der Waals surface area contributed by atoms with Crippen molar-refractivity contribution >= 4 is 39.9 Å². The predicted octanol–water partition coefficient (Wildman–Crippen LogP) is 5.41. The average Bonchev–Trinajstić information content (AvgIpc) is 3.23. The second kappa shape index (κ2) is 5.87. The van der Waals surface area contributed by atoms with Gasteiger partial charge in [-0.3, -0.25) is 4.98 Å². The smallest absolute Gasteiger partial charge is 0.0864 e. The zero-order valence-corrected chi connectivity index (χ0v) is 13.2. The van der Waals surface area contributed by atoms with Crippen LogP contribution < -0.4 is 4.72 Å². The molecule has 0 spiro atoms. The first-order valence-corrected chi connectivity index (χ1v) is 8.59. The van der Waals surface area contributed by atoms with Crippen LogP contribution >= 0.6 is 23.3 Å². The minimum atomic E-state index is 0.954. The number of H-pyrrole nitrogens is 1. The van der Waals surface area contributed by atoms with Crippen LogP contribution in [0.25, 0.3) is 22.3 Å². The molecule has 0 radical (unpaired) electrons. The van der Waals surface area contributed by atoms with Crippen LogP contribution in [-0.4, -0.2) is 9.97 Å². The van der Waals surface area contributed by atoms with Crippen molar-refractivity contribution in [3.63, 3.8) is 0 Å². The lowest BCUT2D eigenvalue weighted by molar-refractivity contribution is 1.29. The highest BCUT2D eigenvalue weighted by molar-refractivity contribution is 8.02. The van der Waals surface area contributed by atoms with Gasteiger partial charge in [-0.15, -0.1) is 11.3 Å². The van der Waals surface area contributed by atoms with Gasteiger partial charge in [0.1, 0.15) is 0 Å². The number of aromatic nitrogens is 2. The van der Waals surface area contributed by atoms with Gasteiger partial charge in [0.05, 0.1) is 26.8 Å². The van der Waals surface area contributed by atoms with Gasteiger partial charge < -0.3 is 9.71 Å². The topological polar surface area (TPSA) is 40.7 Å². The molecule has 0 amide bonds. The summed E-state index contributed by atoms with van der Waals surface area (Å²) in [6, 6.07) is 18.5. The molecule has 0 aliphatic rings. The number of nitrogens with one attached hydrogen (secondary N) is 2. The maximum Gasteiger partial charge on any atom is 0.0864 e. The molecule has 108 valence electrons. The zero-order chi connectivity index (χ0) is 14.8. The van der Waals surface area contributed by atoms with Crippen molar-refractivity contribution in [2.24, 2.45) is 0 Å². The average molecular weight is 323 g/mol. The highest BCUT2D eigenvalue weighted by Crippen LogP contribution is 2.31. The SMILES string of the molecule is c1ccc(-c2cc3cccc(NSc4cccs4)c3[nH]2)nc1. The van der Waals surface area contributed by atoms with E-state index in [2.05, 4.69) is 56.5 Å². The molecule has 3 aromatic heterocycles. The van der Waals surface area contributed by atoms with Crippen LogP contribution in [0.5, 0.6) is 0 Å². The van der Waals surface area contributed by atoms with Crippen molar-refractivity contribution in [2.75, 3.05) is 4.72 Å². The van der Waals surface area contributed by atoms with Crippen molar-refractivity contribution in [2.45, 2.75) is 4.21 Å². The normalized spacial score (nSPS) is 10.9. The van der Waals surface area contributed by atoms with Gasteiger partial charge in [0.25, 0.3) is 0 Å². The summed E-state index contributed by atoms with van der Waals surface area (Å²) in [6.07, 6.45) is 1.81. The first-order chi connectivity index (χ1) is 10.9. The summed E-state index contributed by atoms with van der Waals surface area (Å²) in [4.78, 5) is 7.88. The van der Waals surface area contributed by atoms with Crippen molar-refractivity contribution in [3.8, 4) is 11.4 Å². The van der Waals surface area contributed by atoms with Gasteiger partial charge in [0.15, 0.2) is 0 Å². The maximum atomic E-state index is 4.41. The molecular formula is C17H13N3S2. The summed E-state index contributed by atoms with van der Waals surface area (Å²) in [7, 11) is 0. The Hall–Kier alpha value is -2.24. The molecule has 4 rings (SSSR count). The van der Waals surface area contributed by atoms with Crippen molar-refractivity contribution < 1.29 is 0 Å². The largest absolute Gasteiger partial charge is 0.352 e. The quantitative estimate of drug-likeness (QED) is 0.493. The monoisotopic (exact) mass is 323 g/mol. The minimum Gasteiger partial charge on any atom is -0.352 e. The highest BCUT2D eigenvalue weighted by Gasteiger charge is 2.08. The molecule has 0 fully saturated rings. The minimum absolute atomic E-state index is 0.954. The molecule has 0 atom stereocenters. The Labute approximate surface area is 136 Å². The number of para-hydroxylation sites is 1. The van der Waals surface area contributed by atoms with E-state index in [-0.39, 0.29) is 0 Å². The summed E-state index contributed by atoms with van der Waals surface area (Å²) in [6.45, 7) is 0. The Morgan fingerprint density at radius 1 is 1.05 bits per heavy atom. The second-order valence-electron chi connectivity index (χ2n) is 4.80. The number of hydrogen-bond acceptors (Lipinski definition) is 4. The highest BCUT2D eigenvalue weighted by atomic mass is 32.2. The Morgan fingerprint density at radius 3 is 2.86 bits per heavy atom. The first kappa shape index (κ1) is 13.4. The molecule has 0 aliphatic heterocycles. The van der Waals surface area contributed by atoms with Crippen molar-refractivity contribution in [1.82, 2.24) is 9.97 Å². The van der Waals surface area contributed by atoms with Gasteiger partial charge >= 0.3 is 0 Å². The number of rotatable bonds is 4. The summed E-state index contributed by atoms with van der Waals surface area (Å²) >= 11 is 3.36. The lowest BCUT2D eigenvalue weighted by Gasteiger charge is -2.05. The van der Waals surface area contributed by atoms with E-state index in [9.17, 15) is 0 Å². The molecule has 3 nitrogen and oxygen atoms in total. The van der Waals surface area contributed by atoms with E-state index >= 15 is 0 Å². The van der Waals surface area contributed by atoms with E-state index in [1.54, 1.807) is 23.3 Å². The number of pyridine rings is 1. The van der Waals surface area contributed by atoms with Gasteiger partial charge in [0.2, 0.25) is 0 Å². The van der Waals surface area contributed by atoms with E-state index in [1.807, 2.05) is 24.4 Å². The van der Waals surface area contributed by atoms with Gasteiger partial charge in [-0.2, -0.15) is 0 Å². The van der Waals surface area contributed by atoms with E-state index < -0.39 is 0 Å². The third kappa shape index (κ3) is 2.61. The summed E-state index contributed by atoms with van der Waals surface area (Å²) in [5.74, 6) is 0. The fraction of sp³-hybridized carbons (Fsp3) is 0. The van der Waals surface area contributed by atoms with Crippen molar-refractivity contribution in [1.29, 1.82) is 0 Å². The Kier molecular flexibility index (Phi) is 3.58. The summed E-state index contributed by atoms with van der Waals surface area (Å²) in [5, 5.41) is 3.26. The molecule has 22 heavy (non-hydrogen) atoms.